The molecule has 0 radical (unpaired) electrons. The Hall–Kier alpha value is -3.57. The molecule has 0 aliphatic carbocycles. The number of nitrogens with one attached hydrogen (secondary N) is 2. The summed E-state index contributed by atoms with van der Waals surface area (Å²) in [4.78, 5) is 37.8. The summed E-state index contributed by atoms with van der Waals surface area (Å²) in [7, 11) is 1.75. The number of carbonyl (C=O) groups excluding carboxylic acids is 2. The van der Waals surface area contributed by atoms with Gasteiger partial charge in [-0.1, -0.05) is 23.7 Å². The van der Waals surface area contributed by atoms with Gasteiger partial charge in [-0.2, -0.15) is 0 Å². The highest BCUT2D eigenvalue weighted by Gasteiger charge is 2.23. The van der Waals surface area contributed by atoms with Gasteiger partial charge in [0, 0.05) is 74.3 Å². The number of nitrogens with zero attached hydrogens (tertiary/aromatic N) is 5. The Kier molecular flexibility index (Phi) is 9.02. The summed E-state index contributed by atoms with van der Waals surface area (Å²) < 4.78 is 0. The number of hydrazine groups is 1. The van der Waals surface area contributed by atoms with Crippen molar-refractivity contribution in [1.82, 2.24) is 30.1 Å². The lowest BCUT2D eigenvalue weighted by Gasteiger charge is -2.34. The van der Waals surface area contributed by atoms with E-state index in [1.54, 1.807) is 25.4 Å². The molecule has 1 aromatic heterocycles. The Morgan fingerprint density at radius 3 is 2.41 bits per heavy atom. The zero-order chi connectivity index (χ0) is 26.2. The van der Waals surface area contributed by atoms with Crippen LogP contribution in [0.5, 0.6) is 0 Å². The number of piperazine rings is 1. The molecular formula is C26H31ClN8O2. The summed E-state index contributed by atoms with van der Waals surface area (Å²) in [5.41, 5.74) is 3.11. The fraction of sp³-hybridized carbons (Fsp3) is 0.308. The van der Waals surface area contributed by atoms with E-state index in [-0.39, 0.29) is 11.8 Å². The number of benzene rings is 2. The van der Waals surface area contributed by atoms with Crippen LogP contribution in [-0.2, 0) is 4.79 Å². The minimum Gasteiger partial charge on any atom is -0.354 e. The van der Waals surface area contributed by atoms with Crippen LogP contribution in [0.25, 0.3) is 11.3 Å². The van der Waals surface area contributed by atoms with Crippen LogP contribution in [0.2, 0.25) is 5.02 Å². The van der Waals surface area contributed by atoms with E-state index >= 15 is 0 Å². The summed E-state index contributed by atoms with van der Waals surface area (Å²) in [5.74, 6) is 5.95. The normalized spacial score (nSPS) is 14.0. The minimum absolute atomic E-state index is 0.0254. The molecule has 1 aliphatic rings. The lowest BCUT2D eigenvalue weighted by atomic mass is 10.1. The largest absolute Gasteiger partial charge is 0.354 e. The van der Waals surface area contributed by atoms with Gasteiger partial charge < -0.3 is 15.5 Å². The Balaban J connectivity index is 1.27. The molecule has 0 bridgehead atoms. The number of amides is 2. The standard InChI is InChI=1S/C26H31ClN8O2/c1-33(28)13-12-29-24(36)18-34-14-16-35(17-15-34)25(37)20-4-8-22(9-5-20)31-26-30-11-10-23(32-26)19-2-6-21(27)7-3-19/h2-11H,12-18,28H2,1H3,(H,29,36)(H,30,31,32). The van der Waals surface area contributed by atoms with E-state index in [1.807, 2.05) is 47.4 Å². The van der Waals surface area contributed by atoms with Gasteiger partial charge in [0.2, 0.25) is 11.9 Å². The Labute approximate surface area is 221 Å². The average molecular weight is 523 g/mol. The zero-order valence-corrected chi connectivity index (χ0v) is 21.5. The number of aromatic nitrogens is 2. The average Bonchev–Trinajstić information content (AvgIpc) is 2.89. The topological polar surface area (TPSA) is 120 Å². The van der Waals surface area contributed by atoms with E-state index < -0.39 is 0 Å². The number of hydrogen-bond acceptors (Lipinski definition) is 8. The van der Waals surface area contributed by atoms with Crippen LogP contribution >= 0.6 is 11.6 Å². The molecule has 3 aromatic rings. The molecule has 2 heterocycles. The van der Waals surface area contributed by atoms with Gasteiger partial charge in [0.15, 0.2) is 0 Å². The van der Waals surface area contributed by atoms with Gasteiger partial charge in [-0.25, -0.2) is 15.0 Å². The van der Waals surface area contributed by atoms with Crippen molar-refractivity contribution >= 4 is 35.1 Å². The van der Waals surface area contributed by atoms with Gasteiger partial charge in [0.05, 0.1) is 12.2 Å². The van der Waals surface area contributed by atoms with Gasteiger partial charge in [-0.3, -0.25) is 20.3 Å². The first kappa shape index (κ1) is 26.5. The molecule has 0 saturated carbocycles. The summed E-state index contributed by atoms with van der Waals surface area (Å²) in [5, 5.41) is 8.24. The molecule has 0 unspecified atom stereocenters. The number of nitrogens with two attached hydrogens (primary N) is 1. The van der Waals surface area contributed by atoms with Crippen LogP contribution in [0.3, 0.4) is 0 Å². The fourth-order valence-electron chi connectivity index (χ4n) is 3.95. The molecule has 1 fully saturated rings. The number of halogens is 1. The maximum absolute atomic E-state index is 13.0. The molecule has 37 heavy (non-hydrogen) atoms. The Bertz CT molecular complexity index is 1200. The van der Waals surface area contributed by atoms with Gasteiger partial charge in [0.1, 0.15) is 0 Å². The molecular weight excluding hydrogens is 492 g/mol. The highest BCUT2D eigenvalue weighted by molar-refractivity contribution is 6.30. The summed E-state index contributed by atoms with van der Waals surface area (Å²) in [6.45, 7) is 3.86. The van der Waals surface area contributed by atoms with E-state index in [9.17, 15) is 9.59 Å². The molecule has 2 aromatic carbocycles. The van der Waals surface area contributed by atoms with E-state index in [4.69, 9.17) is 17.4 Å². The SMILES string of the molecule is CN(N)CCNC(=O)CN1CCN(C(=O)c2ccc(Nc3nccc(-c4ccc(Cl)cc4)n3)cc2)CC1. The van der Waals surface area contributed by atoms with E-state index in [0.717, 1.165) is 16.9 Å². The molecule has 4 N–H and O–H groups in total. The predicted molar refractivity (Wildman–Crippen MR) is 144 cm³/mol. The van der Waals surface area contributed by atoms with Crippen LogP contribution in [0.1, 0.15) is 10.4 Å². The summed E-state index contributed by atoms with van der Waals surface area (Å²) in [6.07, 6.45) is 1.69. The summed E-state index contributed by atoms with van der Waals surface area (Å²) in [6, 6.07) is 16.6. The lowest BCUT2D eigenvalue weighted by Crippen LogP contribution is -2.51. The second-order valence-corrected chi connectivity index (χ2v) is 9.31. The molecule has 4 rings (SSSR count). The molecule has 10 nitrogen and oxygen atoms in total. The predicted octanol–water partition coefficient (Wildman–Crippen LogP) is 2.22. The minimum atomic E-state index is -0.0348. The van der Waals surface area contributed by atoms with Gasteiger partial charge in [0.25, 0.3) is 5.91 Å². The van der Waals surface area contributed by atoms with Crippen molar-refractivity contribution in [3.05, 3.63) is 71.4 Å². The number of hydrogen-bond donors (Lipinski definition) is 3. The maximum Gasteiger partial charge on any atom is 0.253 e. The maximum atomic E-state index is 13.0. The second kappa shape index (κ2) is 12.6. The molecule has 11 heteroatoms. The van der Waals surface area contributed by atoms with Crippen LogP contribution in [0.15, 0.2) is 60.8 Å². The van der Waals surface area contributed by atoms with Crippen molar-refractivity contribution in [2.45, 2.75) is 0 Å². The van der Waals surface area contributed by atoms with Crippen molar-refractivity contribution in [2.24, 2.45) is 5.84 Å². The monoisotopic (exact) mass is 522 g/mol. The first-order chi connectivity index (χ1) is 17.9. The lowest BCUT2D eigenvalue weighted by molar-refractivity contribution is -0.122. The second-order valence-electron chi connectivity index (χ2n) is 8.87. The van der Waals surface area contributed by atoms with Crippen molar-refractivity contribution in [1.29, 1.82) is 0 Å². The van der Waals surface area contributed by atoms with Crippen LogP contribution in [0, 0.1) is 0 Å². The molecule has 2 amide bonds. The van der Waals surface area contributed by atoms with Crippen LogP contribution in [-0.4, -0.2) is 89.5 Å². The highest BCUT2D eigenvalue weighted by Crippen LogP contribution is 2.22. The quantitative estimate of drug-likeness (QED) is 0.289. The summed E-state index contributed by atoms with van der Waals surface area (Å²) >= 11 is 5.98. The van der Waals surface area contributed by atoms with Crippen molar-refractivity contribution in [3.8, 4) is 11.3 Å². The highest BCUT2D eigenvalue weighted by atomic mass is 35.5. The number of rotatable bonds is 9. The van der Waals surface area contributed by atoms with Crippen LogP contribution in [0.4, 0.5) is 11.6 Å². The molecule has 1 saturated heterocycles. The first-order valence-electron chi connectivity index (χ1n) is 12.1. The van der Waals surface area contributed by atoms with Gasteiger partial charge in [-0.05, 0) is 42.5 Å². The first-order valence-corrected chi connectivity index (χ1v) is 12.5. The van der Waals surface area contributed by atoms with Crippen molar-refractivity contribution in [2.75, 3.05) is 58.2 Å². The Morgan fingerprint density at radius 1 is 1.03 bits per heavy atom. The van der Waals surface area contributed by atoms with E-state index in [1.165, 1.54) is 5.01 Å². The molecule has 0 spiro atoms. The third-order valence-corrected chi connectivity index (χ3v) is 6.25. The van der Waals surface area contributed by atoms with E-state index in [2.05, 4.69) is 25.5 Å². The molecule has 1 aliphatic heterocycles. The smallest absolute Gasteiger partial charge is 0.253 e. The number of carbonyl (C=O) groups is 2. The Morgan fingerprint density at radius 2 is 1.73 bits per heavy atom. The fourth-order valence-corrected chi connectivity index (χ4v) is 4.07. The van der Waals surface area contributed by atoms with Gasteiger partial charge >= 0.3 is 0 Å². The molecule has 0 atom stereocenters. The van der Waals surface area contributed by atoms with Crippen molar-refractivity contribution in [3.63, 3.8) is 0 Å². The third kappa shape index (κ3) is 7.70. The van der Waals surface area contributed by atoms with Crippen LogP contribution < -0.4 is 16.5 Å². The van der Waals surface area contributed by atoms with E-state index in [0.29, 0.717) is 62.3 Å². The van der Waals surface area contributed by atoms with Gasteiger partial charge in [-0.15, -0.1) is 0 Å². The third-order valence-electron chi connectivity index (χ3n) is 6.00. The zero-order valence-electron chi connectivity index (χ0n) is 20.7. The number of likely N-dealkylation sites (N-methyl/N-ethyl adjacent to an activating group) is 1. The molecule has 194 valence electrons. The van der Waals surface area contributed by atoms with Crippen molar-refractivity contribution < 1.29 is 9.59 Å². The number of anilines is 2.